The van der Waals surface area contributed by atoms with E-state index in [1.165, 1.54) is 30.4 Å². The first-order chi connectivity index (χ1) is 9.25. The third-order valence-electron chi connectivity index (χ3n) is 4.43. The van der Waals surface area contributed by atoms with Crippen molar-refractivity contribution in [3.05, 3.63) is 35.4 Å². The fourth-order valence-electron chi connectivity index (χ4n) is 3.20. The zero-order valence-electron chi connectivity index (χ0n) is 11.1. The van der Waals surface area contributed by atoms with Gasteiger partial charge >= 0.3 is 0 Å². The molecule has 1 aromatic rings. The van der Waals surface area contributed by atoms with Gasteiger partial charge in [-0.25, -0.2) is 0 Å². The number of amides is 1. The van der Waals surface area contributed by atoms with Crippen LogP contribution in [0.5, 0.6) is 0 Å². The van der Waals surface area contributed by atoms with Gasteiger partial charge in [0.15, 0.2) is 0 Å². The van der Waals surface area contributed by atoms with Crippen molar-refractivity contribution in [2.75, 3.05) is 0 Å². The summed E-state index contributed by atoms with van der Waals surface area (Å²) in [6.45, 7) is 0. The average Bonchev–Trinajstić information content (AvgIpc) is 2.57. The van der Waals surface area contributed by atoms with E-state index in [0.29, 0.717) is 0 Å². The lowest BCUT2D eigenvalue weighted by atomic mass is 9.77. The molecule has 0 spiro atoms. The molecule has 0 aromatic heterocycles. The third-order valence-corrected chi connectivity index (χ3v) is 4.95. The molecule has 3 atom stereocenters. The van der Waals surface area contributed by atoms with E-state index in [0.717, 1.165) is 19.3 Å². The summed E-state index contributed by atoms with van der Waals surface area (Å²) in [7, 11) is 0. The maximum atomic E-state index is 12.3. The normalized spacial score (nSPS) is 29.8. The van der Waals surface area contributed by atoms with Gasteiger partial charge in [0.25, 0.3) is 0 Å². The molecule has 1 amide bonds. The molecule has 1 N–H and O–H groups in total. The van der Waals surface area contributed by atoms with E-state index in [4.69, 9.17) is 11.6 Å². The Kier molecular flexibility index (Phi) is 3.79. The minimum absolute atomic E-state index is 0.0447. The first kappa shape index (κ1) is 13.0. The average molecular weight is 278 g/mol. The number of benzene rings is 1. The van der Waals surface area contributed by atoms with Crippen molar-refractivity contribution in [1.82, 2.24) is 5.32 Å². The summed E-state index contributed by atoms with van der Waals surface area (Å²) in [4.78, 5) is 12.3. The lowest BCUT2D eigenvalue weighted by Gasteiger charge is -2.31. The predicted octanol–water partition coefficient (Wildman–Crippen LogP) is 3.38. The first-order valence-corrected chi connectivity index (χ1v) is 7.71. The van der Waals surface area contributed by atoms with Gasteiger partial charge in [-0.3, -0.25) is 4.79 Å². The zero-order chi connectivity index (χ0) is 13.2. The summed E-state index contributed by atoms with van der Waals surface area (Å²) >= 11 is 6.38. The standard InChI is InChI=1S/C16H20ClNO/c17-14-8-2-1-3-9-15(14)18-16(19)13-10-11-6-4-5-7-12(11)13/h4-7,13-15H,1-3,8-10H2,(H,18,19). The molecule has 2 nitrogen and oxygen atoms in total. The summed E-state index contributed by atoms with van der Waals surface area (Å²) in [6, 6.07) is 8.37. The molecule has 102 valence electrons. The van der Waals surface area contributed by atoms with Crippen LogP contribution in [-0.2, 0) is 11.2 Å². The zero-order valence-corrected chi connectivity index (χ0v) is 11.8. The summed E-state index contributed by atoms with van der Waals surface area (Å²) < 4.78 is 0. The lowest BCUT2D eigenvalue weighted by molar-refractivity contribution is -0.123. The van der Waals surface area contributed by atoms with Crippen molar-refractivity contribution in [1.29, 1.82) is 0 Å². The van der Waals surface area contributed by atoms with Crippen molar-refractivity contribution in [2.24, 2.45) is 0 Å². The molecule has 0 radical (unpaired) electrons. The van der Waals surface area contributed by atoms with Crippen molar-refractivity contribution < 1.29 is 4.79 Å². The van der Waals surface area contributed by atoms with Crippen LogP contribution in [0.1, 0.15) is 49.1 Å². The maximum absolute atomic E-state index is 12.3. The van der Waals surface area contributed by atoms with Crippen LogP contribution in [0.4, 0.5) is 0 Å². The molecule has 1 fully saturated rings. The highest BCUT2D eigenvalue weighted by molar-refractivity contribution is 6.21. The number of nitrogens with one attached hydrogen (secondary N) is 1. The van der Waals surface area contributed by atoms with Crippen molar-refractivity contribution in [2.45, 2.75) is 55.9 Å². The number of alkyl halides is 1. The lowest BCUT2D eigenvalue weighted by Crippen LogP contribution is -2.45. The second-order valence-corrected chi connectivity index (χ2v) is 6.29. The molecule has 1 saturated carbocycles. The molecular formula is C16H20ClNO. The van der Waals surface area contributed by atoms with Crippen LogP contribution in [0, 0.1) is 0 Å². The van der Waals surface area contributed by atoms with Crippen LogP contribution < -0.4 is 5.32 Å². The van der Waals surface area contributed by atoms with Gasteiger partial charge in [0.2, 0.25) is 5.91 Å². The monoisotopic (exact) mass is 277 g/mol. The van der Waals surface area contributed by atoms with Crippen LogP contribution in [0.25, 0.3) is 0 Å². The minimum Gasteiger partial charge on any atom is -0.351 e. The van der Waals surface area contributed by atoms with E-state index < -0.39 is 0 Å². The molecule has 0 heterocycles. The number of hydrogen-bond donors (Lipinski definition) is 1. The molecular weight excluding hydrogens is 258 g/mol. The molecule has 2 aliphatic rings. The second-order valence-electron chi connectivity index (χ2n) is 5.72. The van der Waals surface area contributed by atoms with Crippen molar-refractivity contribution >= 4 is 17.5 Å². The Morgan fingerprint density at radius 2 is 1.95 bits per heavy atom. The number of carbonyl (C=O) groups is 1. The van der Waals surface area contributed by atoms with Crippen LogP contribution in [0.2, 0.25) is 0 Å². The molecule has 3 rings (SSSR count). The van der Waals surface area contributed by atoms with Gasteiger partial charge in [0.05, 0.1) is 11.3 Å². The van der Waals surface area contributed by atoms with E-state index in [9.17, 15) is 4.79 Å². The Balaban J connectivity index is 1.63. The van der Waals surface area contributed by atoms with E-state index >= 15 is 0 Å². The minimum atomic E-state index is 0.0447. The molecule has 1 aromatic carbocycles. The largest absolute Gasteiger partial charge is 0.351 e. The summed E-state index contributed by atoms with van der Waals surface area (Å²) in [5.41, 5.74) is 2.51. The van der Waals surface area contributed by atoms with Crippen molar-refractivity contribution in [3.8, 4) is 0 Å². The highest BCUT2D eigenvalue weighted by Gasteiger charge is 2.34. The van der Waals surface area contributed by atoms with Crippen molar-refractivity contribution in [3.63, 3.8) is 0 Å². The SMILES string of the molecule is O=C(NC1CCCCCC1Cl)C1Cc2ccccc21. The predicted molar refractivity (Wildman–Crippen MR) is 77.5 cm³/mol. The van der Waals surface area contributed by atoms with E-state index in [1.54, 1.807) is 0 Å². The fourth-order valence-corrected chi connectivity index (χ4v) is 3.54. The number of rotatable bonds is 2. The summed E-state index contributed by atoms with van der Waals surface area (Å²) in [5.74, 6) is 0.208. The Morgan fingerprint density at radius 1 is 1.16 bits per heavy atom. The van der Waals surface area contributed by atoms with Gasteiger partial charge in [0.1, 0.15) is 0 Å². The number of halogens is 1. The molecule has 0 bridgehead atoms. The van der Waals surface area contributed by atoms with Crippen LogP contribution in [-0.4, -0.2) is 17.3 Å². The van der Waals surface area contributed by atoms with E-state index in [-0.39, 0.29) is 23.2 Å². The van der Waals surface area contributed by atoms with Gasteiger partial charge < -0.3 is 5.32 Å². The Hall–Kier alpha value is -1.02. The van der Waals surface area contributed by atoms with Gasteiger partial charge in [0, 0.05) is 6.04 Å². The summed E-state index contributed by atoms with van der Waals surface area (Å²) in [6.07, 6.45) is 6.52. The topological polar surface area (TPSA) is 29.1 Å². The van der Waals surface area contributed by atoms with Crippen LogP contribution >= 0.6 is 11.6 Å². The Morgan fingerprint density at radius 3 is 2.79 bits per heavy atom. The van der Waals surface area contributed by atoms with E-state index in [1.807, 2.05) is 12.1 Å². The molecule has 0 saturated heterocycles. The highest BCUT2D eigenvalue weighted by Crippen LogP contribution is 2.35. The Labute approximate surface area is 119 Å². The van der Waals surface area contributed by atoms with Crippen LogP contribution in [0.3, 0.4) is 0 Å². The quantitative estimate of drug-likeness (QED) is 0.652. The molecule has 3 unspecified atom stereocenters. The van der Waals surface area contributed by atoms with Crippen LogP contribution in [0.15, 0.2) is 24.3 Å². The van der Waals surface area contributed by atoms with Gasteiger partial charge in [-0.2, -0.15) is 0 Å². The smallest absolute Gasteiger partial charge is 0.228 e. The number of hydrogen-bond acceptors (Lipinski definition) is 1. The van der Waals surface area contributed by atoms with Gasteiger partial charge in [-0.15, -0.1) is 11.6 Å². The Bertz CT molecular complexity index is 474. The molecule has 2 aliphatic carbocycles. The maximum Gasteiger partial charge on any atom is 0.228 e. The number of carbonyl (C=O) groups excluding carboxylic acids is 1. The third kappa shape index (κ3) is 2.64. The molecule has 19 heavy (non-hydrogen) atoms. The number of fused-ring (bicyclic) bond motifs is 1. The van der Waals surface area contributed by atoms with Gasteiger partial charge in [-0.1, -0.05) is 43.5 Å². The molecule has 3 heteroatoms. The second kappa shape index (κ2) is 5.54. The first-order valence-electron chi connectivity index (χ1n) is 7.28. The van der Waals surface area contributed by atoms with Gasteiger partial charge in [-0.05, 0) is 30.4 Å². The fraction of sp³-hybridized carbons (Fsp3) is 0.562. The van der Waals surface area contributed by atoms with E-state index in [2.05, 4.69) is 17.4 Å². The summed E-state index contributed by atoms with van der Waals surface area (Å²) in [5, 5.41) is 3.28. The molecule has 0 aliphatic heterocycles. The highest BCUT2D eigenvalue weighted by atomic mass is 35.5.